The molecule has 104 valence electrons. The Labute approximate surface area is 124 Å². The molecule has 4 heteroatoms. The highest BCUT2D eigenvalue weighted by atomic mass is 35.5. The van der Waals surface area contributed by atoms with Gasteiger partial charge in [0.2, 0.25) is 0 Å². The molecule has 0 radical (unpaired) electrons. The lowest BCUT2D eigenvalue weighted by Crippen LogP contribution is -2.27. The van der Waals surface area contributed by atoms with Crippen molar-refractivity contribution in [3.8, 4) is 6.07 Å². The Bertz CT molecular complexity index is 633. The summed E-state index contributed by atoms with van der Waals surface area (Å²) in [6.07, 6.45) is 0. The Hall–Kier alpha value is -1.63. The fourth-order valence-electron chi connectivity index (χ4n) is 2.22. The van der Waals surface area contributed by atoms with Gasteiger partial charge in [0.25, 0.3) is 0 Å². The average molecular weight is 288 g/mol. The van der Waals surface area contributed by atoms with E-state index in [2.05, 4.69) is 28.9 Å². The highest BCUT2D eigenvalue weighted by molar-refractivity contribution is 6.30. The van der Waals surface area contributed by atoms with Crippen molar-refractivity contribution in [2.45, 2.75) is 20.4 Å². The summed E-state index contributed by atoms with van der Waals surface area (Å²) in [5.41, 5.74) is 1.92. The zero-order valence-corrected chi connectivity index (χ0v) is 12.6. The summed E-state index contributed by atoms with van der Waals surface area (Å²) in [5.74, 6) is 0.0159. The minimum Gasteiger partial charge on any atom is -0.298 e. The number of nitriles is 1. The number of fused-ring (bicyclic) bond motifs is 1. The van der Waals surface area contributed by atoms with E-state index in [1.807, 2.05) is 31.2 Å². The van der Waals surface area contributed by atoms with Crippen LogP contribution < -0.4 is 0 Å². The van der Waals surface area contributed by atoms with Gasteiger partial charge in [-0.25, -0.2) is 4.98 Å². The second kappa shape index (κ2) is 6.69. The van der Waals surface area contributed by atoms with Gasteiger partial charge >= 0.3 is 0 Å². The van der Waals surface area contributed by atoms with Crippen molar-refractivity contribution in [1.29, 1.82) is 5.26 Å². The van der Waals surface area contributed by atoms with Gasteiger partial charge in [0.15, 0.2) is 0 Å². The SMILES string of the molecule is CCN(Cc1cc2ccccc2nc1Cl)CC(C)C#N. The van der Waals surface area contributed by atoms with Crippen LogP contribution in [0.4, 0.5) is 0 Å². The fourth-order valence-corrected chi connectivity index (χ4v) is 2.43. The largest absolute Gasteiger partial charge is 0.298 e. The van der Waals surface area contributed by atoms with Gasteiger partial charge < -0.3 is 0 Å². The van der Waals surface area contributed by atoms with E-state index in [4.69, 9.17) is 16.9 Å². The maximum absolute atomic E-state index is 8.93. The van der Waals surface area contributed by atoms with E-state index in [1.165, 1.54) is 0 Å². The lowest BCUT2D eigenvalue weighted by atomic mass is 10.1. The van der Waals surface area contributed by atoms with Crippen molar-refractivity contribution >= 4 is 22.5 Å². The molecule has 1 atom stereocenters. The molecule has 0 N–H and O–H groups in total. The van der Waals surface area contributed by atoms with Crippen molar-refractivity contribution in [2.75, 3.05) is 13.1 Å². The number of para-hydroxylation sites is 1. The molecule has 20 heavy (non-hydrogen) atoms. The number of hydrogen-bond donors (Lipinski definition) is 0. The molecule has 0 bridgehead atoms. The molecule has 0 aliphatic carbocycles. The first-order valence-corrected chi connectivity index (χ1v) is 7.18. The van der Waals surface area contributed by atoms with Gasteiger partial charge in [0.05, 0.1) is 17.5 Å². The third-order valence-corrected chi connectivity index (χ3v) is 3.67. The molecule has 0 aliphatic rings. The van der Waals surface area contributed by atoms with E-state index < -0.39 is 0 Å². The van der Waals surface area contributed by atoms with Crippen LogP contribution in [0.2, 0.25) is 5.15 Å². The summed E-state index contributed by atoms with van der Waals surface area (Å²) < 4.78 is 0. The monoisotopic (exact) mass is 287 g/mol. The minimum atomic E-state index is 0.0159. The van der Waals surface area contributed by atoms with E-state index in [1.54, 1.807) is 0 Å². The Balaban J connectivity index is 2.23. The van der Waals surface area contributed by atoms with Crippen LogP contribution in [0.1, 0.15) is 19.4 Å². The van der Waals surface area contributed by atoms with E-state index in [-0.39, 0.29) is 5.92 Å². The van der Waals surface area contributed by atoms with Crippen molar-refractivity contribution < 1.29 is 0 Å². The zero-order chi connectivity index (χ0) is 14.5. The number of halogens is 1. The lowest BCUT2D eigenvalue weighted by Gasteiger charge is -2.22. The quantitative estimate of drug-likeness (QED) is 0.784. The van der Waals surface area contributed by atoms with Crippen LogP contribution in [-0.4, -0.2) is 23.0 Å². The molecule has 0 spiro atoms. The summed E-state index contributed by atoms with van der Waals surface area (Å²) in [4.78, 5) is 6.65. The first kappa shape index (κ1) is 14.8. The van der Waals surface area contributed by atoms with Crippen molar-refractivity contribution in [2.24, 2.45) is 5.92 Å². The molecule has 2 rings (SSSR count). The van der Waals surface area contributed by atoms with Gasteiger partial charge in [-0.2, -0.15) is 5.26 Å². The lowest BCUT2D eigenvalue weighted by molar-refractivity contribution is 0.260. The van der Waals surface area contributed by atoms with Crippen molar-refractivity contribution in [3.63, 3.8) is 0 Å². The van der Waals surface area contributed by atoms with Gasteiger partial charge in [-0.1, -0.05) is 36.7 Å². The molecule has 0 saturated heterocycles. The van der Waals surface area contributed by atoms with Gasteiger partial charge in [-0.15, -0.1) is 0 Å². The number of nitrogens with zero attached hydrogens (tertiary/aromatic N) is 3. The summed E-state index contributed by atoms with van der Waals surface area (Å²) in [6, 6.07) is 12.3. The van der Waals surface area contributed by atoms with E-state index in [0.29, 0.717) is 5.15 Å². The Morgan fingerprint density at radius 3 is 2.85 bits per heavy atom. The number of hydrogen-bond acceptors (Lipinski definition) is 3. The maximum Gasteiger partial charge on any atom is 0.134 e. The van der Waals surface area contributed by atoms with E-state index in [9.17, 15) is 0 Å². The molecule has 2 aromatic rings. The van der Waals surface area contributed by atoms with Crippen LogP contribution in [0.15, 0.2) is 30.3 Å². The molecule has 1 aromatic carbocycles. The average Bonchev–Trinajstić information content (AvgIpc) is 2.46. The standard InChI is InChI=1S/C16H18ClN3/c1-3-20(10-12(2)9-18)11-14-8-13-6-4-5-7-15(13)19-16(14)17/h4-8,12H,3,10-11H2,1-2H3. The second-order valence-corrected chi connectivity index (χ2v) is 5.35. The molecule has 1 heterocycles. The normalized spacial score (nSPS) is 12.6. The Morgan fingerprint density at radius 2 is 2.15 bits per heavy atom. The highest BCUT2D eigenvalue weighted by Crippen LogP contribution is 2.22. The third kappa shape index (κ3) is 3.47. The smallest absolute Gasteiger partial charge is 0.134 e. The molecule has 0 fully saturated rings. The predicted molar refractivity (Wildman–Crippen MR) is 82.5 cm³/mol. The summed E-state index contributed by atoms with van der Waals surface area (Å²) in [7, 11) is 0. The predicted octanol–water partition coefficient (Wildman–Crippen LogP) is 3.87. The number of aromatic nitrogens is 1. The van der Waals surface area contributed by atoms with Crippen LogP contribution >= 0.6 is 11.6 Å². The molecule has 1 unspecified atom stereocenters. The molecule has 0 aliphatic heterocycles. The van der Waals surface area contributed by atoms with Crippen molar-refractivity contribution in [3.05, 3.63) is 41.0 Å². The van der Waals surface area contributed by atoms with E-state index >= 15 is 0 Å². The van der Waals surface area contributed by atoms with Crippen LogP contribution in [-0.2, 0) is 6.54 Å². The molecule has 0 saturated carbocycles. The third-order valence-electron chi connectivity index (χ3n) is 3.34. The first-order valence-electron chi connectivity index (χ1n) is 6.80. The van der Waals surface area contributed by atoms with E-state index in [0.717, 1.165) is 36.1 Å². The zero-order valence-electron chi connectivity index (χ0n) is 11.8. The van der Waals surface area contributed by atoms with Gasteiger partial charge in [0, 0.05) is 24.0 Å². The Morgan fingerprint density at radius 1 is 1.40 bits per heavy atom. The Kier molecular flexibility index (Phi) is 4.94. The van der Waals surface area contributed by atoms with Crippen LogP contribution in [0.25, 0.3) is 10.9 Å². The topological polar surface area (TPSA) is 39.9 Å². The van der Waals surface area contributed by atoms with Crippen LogP contribution in [0, 0.1) is 17.2 Å². The number of rotatable bonds is 5. The van der Waals surface area contributed by atoms with Crippen molar-refractivity contribution in [1.82, 2.24) is 9.88 Å². The van der Waals surface area contributed by atoms with Gasteiger partial charge in [0.1, 0.15) is 5.15 Å². The van der Waals surface area contributed by atoms with Gasteiger partial charge in [-0.05, 0) is 25.6 Å². The van der Waals surface area contributed by atoms with Crippen LogP contribution in [0.3, 0.4) is 0 Å². The second-order valence-electron chi connectivity index (χ2n) is 4.99. The number of benzene rings is 1. The molecule has 3 nitrogen and oxygen atoms in total. The first-order chi connectivity index (χ1) is 9.63. The highest BCUT2D eigenvalue weighted by Gasteiger charge is 2.12. The minimum absolute atomic E-state index is 0.0159. The summed E-state index contributed by atoms with van der Waals surface area (Å²) in [6.45, 7) is 6.37. The van der Waals surface area contributed by atoms with Gasteiger partial charge in [-0.3, -0.25) is 4.90 Å². The fraction of sp³-hybridized carbons (Fsp3) is 0.375. The summed E-state index contributed by atoms with van der Waals surface area (Å²) >= 11 is 6.27. The molecule has 0 amide bonds. The molecular formula is C16H18ClN3. The molecule has 1 aromatic heterocycles. The maximum atomic E-state index is 8.93. The van der Waals surface area contributed by atoms with Crippen LogP contribution in [0.5, 0.6) is 0 Å². The molecular weight excluding hydrogens is 270 g/mol. The summed E-state index contributed by atoms with van der Waals surface area (Å²) in [5, 5.41) is 10.6. The number of pyridine rings is 1.